The van der Waals surface area contributed by atoms with Crippen LogP contribution < -0.4 is 11.1 Å². The van der Waals surface area contributed by atoms with Crippen molar-refractivity contribution >= 4 is 17.5 Å². The third-order valence-electron chi connectivity index (χ3n) is 2.80. The van der Waals surface area contributed by atoms with E-state index in [-0.39, 0.29) is 5.69 Å². The largest absolute Gasteiger partial charge is 0.465 e. The molecule has 0 aliphatic heterocycles. The predicted molar refractivity (Wildman–Crippen MR) is 73.2 cm³/mol. The van der Waals surface area contributed by atoms with Gasteiger partial charge in [-0.1, -0.05) is 0 Å². The Bertz CT molecular complexity index is 610. The third kappa shape index (κ3) is 3.02. The number of hydrogen-bond donors (Lipinski definition) is 2. The van der Waals surface area contributed by atoms with Crippen LogP contribution in [-0.4, -0.2) is 39.4 Å². The number of carbonyl (C=O) groups excluding carboxylic acids is 1. The number of ether oxygens (including phenoxy) is 1. The molecular weight excluding hydrogens is 260 g/mol. The number of carbonyl (C=O) groups is 1. The molecule has 8 heteroatoms. The lowest BCUT2D eigenvalue weighted by atomic mass is 10.2. The molecule has 0 radical (unpaired) electrons. The summed E-state index contributed by atoms with van der Waals surface area (Å²) >= 11 is 0. The number of nitrogen functional groups attached to an aromatic ring is 1. The molecule has 0 aromatic carbocycles. The molecule has 0 aliphatic rings. The molecule has 2 rings (SSSR count). The zero-order chi connectivity index (χ0) is 14.5. The molecule has 8 nitrogen and oxygen atoms in total. The second-order valence-corrected chi connectivity index (χ2v) is 4.18. The number of pyridine rings is 1. The number of esters is 1. The summed E-state index contributed by atoms with van der Waals surface area (Å²) in [4.78, 5) is 15.6. The van der Waals surface area contributed by atoms with Crippen LogP contribution in [0.15, 0.2) is 18.6 Å². The fraction of sp³-hybridized carbons (Fsp3) is 0.333. The molecule has 0 fully saturated rings. The Morgan fingerprint density at radius 3 is 3.00 bits per heavy atom. The molecule has 3 N–H and O–H groups in total. The van der Waals surface area contributed by atoms with Crippen LogP contribution in [0.5, 0.6) is 0 Å². The van der Waals surface area contributed by atoms with Gasteiger partial charge in [0.05, 0.1) is 24.6 Å². The quantitative estimate of drug-likeness (QED) is 0.753. The van der Waals surface area contributed by atoms with Crippen molar-refractivity contribution in [1.29, 1.82) is 0 Å². The van der Waals surface area contributed by atoms with Gasteiger partial charge >= 0.3 is 5.97 Å². The number of aryl methyl sites for hydroxylation is 1. The molecule has 0 amide bonds. The van der Waals surface area contributed by atoms with Gasteiger partial charge in [-0.15, -0.1) is 10.2 Å². The van der Waals surface area contributed by atoms with E-state index in [4.69, 9.17) is 5.73 Å². The van der Waals surface area contributed by atoms with E-state index in [9.17, 15) is 4.79 Å². The van der Waals surface area contributed by atoms with Crippen molar-refractivity contribution in [2.45, 2.75) is 6.42 Å². The van der Waals surface area contributed by atoms with Gasteiger partial charge in [-0.2, -0.15) is 0 Å². The predicted octanol–water partition coefficient (Wildman–Crippen LogP) is 0.233. The number of nitrogens with zero attached hydrogens (tertiary/aromatic N) is 4. The minimum atomic E-state index is -0.485. The van der Waals surface area contributed by atoms with Gasteiger partial charge in [0.25, 0.3) is 0 Å². The van der Waals surface area contributed by atoms with E-state index in [1.54, 1.807) is 12.4 Å². The van der Waals surface area contributed by atoms with Crippen LogP contribution in [-0.2, 0) is 18.2 Å². The van der Waals surface area contributed by atoms with Crippen LogP contribution >= 0.6 is 0 Å². The Hall–Kier alpha value is -2.64. The first-order chi connectivity index (χ1) is 9.61. The summed E-state index contributed by atoms with van der Waals surface area (Å²) in [6.45, 7) is 0.615. The van der Waals surface area contributed by atoms with Crippen LogP contribution in [0, 0.1) is 0 Å². The normalized spacial score (nSPS) is 10.3. The maximum absolute atomic E-state index is 11.5. The lowest BCUT2D eigenvalue weighted by Crippen LogP contribution is -2.12. The maximum Gasteiger partial charge on any atom is 0.340 e. The van der Waals surface area contributed by atoms with Gasteiger partial charge in [0.1, 0.15) is 18.0 Å². The van der Waals surface area contributed by atoms with E-state index < -0.39 is 5.97 Å². The van der Waals surface area contributed by atoms with E-state index in [1.807, 2.05) is 11.6 Å². The van der Waals surface area contributed by atoms with Crippen LogP contribution in [0.1, 0.15) is 16.2 Å². The van der Waals surface area contributed by atoms with Gasteiger partial charge in [0.2, 0.25) is 0 Å². The molecule has 2 aromatic heterocycles. The van der Waals surface area contributed by atoms with Crippen LogP contribution in [0.3, 0.4) is 0 Å². The van der Waals surface area contributed by atoms with E-state index in [0.717, 1.165) is 5.82 Å². The summed E-state index contributed by atoms with van der Waals surface area (Å²) in [5.74, 6) is 0.934. The van der Waals surface area contributed by atoms with Crippen molar-refractivity contribution in [2.75, 3.05) is 24.7 Å². The molecule has 0 unspecified atom stereocenters. The van der Waals surface area contributed by atoms with E-state index >= 15 is 0 Å². The summed E-state index contributed by atoms with van der Waals surface area (Å²) in [5, 5.41) is 10.9. The number of aromatic nitrogens is 4. The molecule has 20 heavy (non-hydrogen) atoms. The first kappa shape index (κ1) is 13.8. The Balaban J connectivity index is 2.00. The third-order valence-corrected chi connectivity index (χ3v) is 2.80. The molecule has 0 spiro atoms. The Morgan fingerprint density at radius 1 is 1.55 bits per heavy atom. The molecule has 2 aromatic rings. The fourth-order valence-electron chi connectivity index (χ4n) is 1.69. The molecule has 0 saturated carbocycles. The van der Waals surface area contributed by atoms with Crippen molar-refractivity contribution in [3.63, 3.8) is 0 Å². The SMILES string of the molecule is COC(=O)c1cc(NCCc2nncn2C)ncc1N. The van der Waals surface area contributed by atoms with Crippen LogP contribution in [0.4, 0.5) is 11.5 Å². The molecule has 0 aliphatic carbocycles. The topological polar surface area (TPSA) is 108 Å². The summed E-state index contributed by atoms with van der Waals surface area (Å²) in [5.41, 5.74) is 6.26. The number of nitrogens with one attached hydrogen (secondary N) is 1. The van der Waals surface area contributed by atoms with Crippen molar-refractivity contribution in [2.24, 2.45) is 7.05 Å². The van der Waals surface area contributed by atoms with Gasteiger partial charge in [-0.3, -0.25) is 0 Å². The average Bonchev–Trinajstić information content (AvgIpc) is 2.85. The molecule has 0 bridgehead atoms. The van der Waals surface area contributed by atoms with E-state index in [2.05, 4.69) is 25.2 Å². The average molecular weight is 276 g/mol. The number of methoxy groups -OCH3 is 1. The second kappa shape index (κ2) is 6.00. The van der Waals surface area contributed by atoms with Crippen molar-refractivity contribution in [3.05, 3.63) is 30.0 Å². The highest BCUT2D eigenvalue weighted by Crippen LogP contribution is 2.15. The standard InChI is InChI=1S/C12H16N6O2/c1-18-7-16-17-11(18)3-4-14-10-5-8(12(19)20-2)9(13)6-15-10/h5-7H,3-4,13H2,1-2H3,(H,14,15). The smallest absolute Gasteiger partial charge is 0.340 e. The monoisotopic (exact) mass is 276 g/mol. The Kier molecular flexibility index (Phi) is 4.14. The molecule has 0 atom stereocenters. The number of nitrogens with two attached hydrogens (primary N) is 1. The van der Waals surface area contributed by atoms with Gasteiger partial charge in [0.15, 0.2) is 0 Å². The molecule has 106 valence electrons. The Morgan fingerprint density at radius 2 is 2.35 bits per heavy atom. The lowest BCUT2D eigenvalue weighted by Gasteiger charge is -2.08. The van der Waals surface area contributed by atoms with Gasteiger partial charge in [-0.05, 0) is 6.07 Å². The lowest BCUT2D eigenvalue weighted by molar-refractivity contribution is 0.0602. The number of hydrogen-bond acceptors (Lipinski definition) is 7. The summed E-state index contributed by atoms with van der Waals surface area (Å²) in [6.07, 6.45) is 3.76. The highest BCUT2D eigenvalue weighted by Gasteiger charge is 2.11. The summed E-state index contributed by atoms with van der Waals surface area (Å²) in [6, 6.07) is 1.57. The van der Waals surface area contributed by atoms with Crippen molar-refractivity contribution < 1.29 is 9.53 Å². The van der Waals surface area contributed by atoms with E-state index in [1.165, 1.54) is 13.3 Å². The Labute approximate surface area is 116 Å². The summed E-state index contributed by atoms with van der Waals surface area (Å²) in [7, 11) is 3.19. The fourth-order valence-corrected chi connectivity index (χ4v) is 1.69. The van der Waals surface area contributed by atoms with E-state index in [0.29, 0.717) is 24.3 Å². The maximum atomic E-state index is 11.5. The highest BCUT2D eigenvalue weighted by atomic mass is 16.5. The van der Waals surface area contributed by atoms with Crippen molar-refractivity contribution in [1.82, 2.24) is 19.7 Å². The zero-order valence-electron chi connectivity index (χ0n) is 11.3. The summed E-state index contributed by atoms with van der Waals surface area (Å²) < 4.78 is 6.50. The van der Waals surface area contributed by atoms with Crippen molar-refractivity contribution in [3.8, 4) is 0 Å². The van der Waals surface area contributed by atoms with Gasteiger partial charge in [0, 0.05) is 20.0 Å². The van der Waals surface area contributed by atoms with Crippen LogP contribution in [0.25, 0.3) is 0 Å². The number of rotatable bonds is 5. The van der Waals surface area contributed by atoms with Gasteiger partial charge in [-0.25, -0.2) is 9.78 Å². The molecule has 0 saturated heterocycles. The minimum absolute atomic E-state index is 0.288. The zero-order valence-corrected chi connectivity index (χ0v) is 11.3. The van der Waals surface area contributed by atoms with Crippen LogP contribution in [0.2, 0.25) is 0 Å². The minimum Gasteiger partial charge on any atom is -0.465 e. The first-order valence-electron chi connectivity index (χ1n) is 6.02. The second-order valence-electron chi connectivity index (χ2n) is 4.18. The first-order valence-corrected chi connectivity index (χ1v) is 6.02. The molecule has 2 heterocycles. The number of anilines is 2. The molecular formula is C12H16N6O2. The highest BCUT2D eigenvalue weighted by molar-refractivity contribution is 5.95. The van der Waals surface area contributed by atoms with Gasteiger partial charge < -0.3 is 20.4 Å².